The van der Waals surface area contributed by atoms with E-state index in [4.69, 9.17) is 4.74 Å². The monoisotopic (exact) mass is 276 g/mol. The molecule has 0 bridgehead atoms. The topological polar surface area (TPSA) is 26.3 Å². The van der Waals surface area contributed by atoms with Crippen molar-refractivity contribution in [1.82, 2.24) is 0 Å². The fourth-order valence-corrected chi connectivity index (χ4v) is 2.51. The van der Waals surface area contributed by atoms with Crippen LogP contribution in [-0.2, 0) is 4.74 Å². The molecule has 3 aromatic rings. The molecule has 0 aliphatic rings. The van der Waals surface area contributed by atoms with Gasteiger partial charge in [-0.25, -0.2) is 4.79 Å². The summed E-state index contributed by atoms with van der Waals surface area (Å²) in [4.78, 5) is 11.9. The Kier molecular flexibility index (Phi) is 3.69. The van der Waals surface area contributed by atoms with Gasteiger partial charge >= 0.3 is 5.97 Å². The second-order valence-electron chi connectivity index (χ2n) is 4.83. The lowest BCUT2D eigenvalue weighted by Crippen LogP contribution is -2.04. The van der Waals surface area contributed by atoms with Crippen molar-refractivity contribution in [2.75, 3.05) is 6.61 Å². The number of hydrogen-bond donors (Lipinski definition) is 0. The smallest absolute Gasteiger partial charge is 0.338 e. The Morgan fingerprint density at radius 2 is 1.71 bits per heavy atom. The van der Waals surface area contributed by atoms with Crippen LogP contribution in [0.15, 0.2) is 66.7 Å². The summed E-state index contributed by atoms with van der Waals surface area (Å²) in [6, 6.07) is 22.0. The first-order chi connectivity index (χ1) is 10.3. The van der Waals surface area contributed by atoms with Crippen molar-refractivity contribution in [3.05, 3.63) is 72.3 Å². The lowest BCUT2D eigenvalue weighted by molar-refractivity contribution is 0.0526. The van der Waals surface area contributed by atoms with Gasteiger partial charge in [-0.1, -0.05) is 54.6 Å². The molecule has 0 spiro atoms. The Bertz CT molecular complexity index is 785. The van der Waals surface area contributed by atoms with Crippen molar-refractivity contribution in [1.29, 1.82) is 0 Å². The third kappa shape index (κ3) is 2.65. The second kappa shape index (κ2) is 5.80. The summed E-state index contributed by atoms with van der Waals surface area (Å²) in [5.74, 6) is -0.278. The van der Waals surface area contributed by atoms with Gasteiger partial charge in [0.1, 0.15) is 0 Å². The number of hydrogen-bond acceptors (Lipinski definition) is 2. The summed E-state index contributed by atoms with van der Waals surface area (Å²) in [5.41, 5.74) is 2.74. The normalized spacial score (nSPS) is 10.5. The van der Waals surface area contributed by atoms with Crippen LogP contribution >= 0.6 is 0 Å². The molecule has 0 amide bonds. The van der Waals surface area contributed by atoms with Gasteiger partial charge in [-0.3, -0.25) is 0 Å². The second-order valence-corrected chi connectivity index (χ2v) is 4.83. The van der Waals surface area contributed by atoms with Crippen LogP contribution in [0.25, 0.3) is 21.9 Å². The Labute approximate surface area is 124 Å². The highest BCUT2D eigenvalue weighted by atomic mass is 16.5. The summed E-state index contributed by atoms with van der Waals surface area (Å²) < 4.78 is 5.07. The average molecular weight is 276 g/mol. The molecule has 104 valence electrons. The van der Waals surface area contributed by atoms with Crippen LogP contribution in [0, 0.1) is 0 Å². The van der Waals surface area contributed by atoms with Gasteiger partial charge in [0.05, 0.1) is 12.2 Å². The zero-order chi connectivity index (χ0) is 14.7. The summed E-state index contributed by atoms with van der Waals surface area (Å²) >= 11 is 0. The van der Waals surface area contributed by atoms with Crippen molar-refractivity contribution in [2.24, 2.45) is 0 Å². The van der Waals surface area contributed by atoms with Gasteiger partial charge in [0, 0.05) is 0 Å². The first-order valence-corrected chi connectivity index (χ1v) is 7.05. The zero-order valence-electron chi connectivity index (χ0n) is 11.9. The Morgan fingerprint density at radius 1 is 0.952 bits per heavy atom. The van der Waals surface area contributed by atoms with Gasteiger partial charge in [-0.2, -0.15) is 0 Å². The molecular weight excluding hydrogens is 260 g/mol. The molecule has 0 N–H and O–H groups in total. The minimum absolute atomic E-state index is 0.278. The fraction of sp³-hybridized carbons (Fsp3) is 0.105. The SMILES string of the molecule is CCOC(=O)c1cccc(-c2cccc3ccccc23)c1. The van der Waals surface area contributed by atoms with Crippen molar-refractivity contribution < 1.29 is 9.53 Å². The number of carbonyl (C=O) groups excluding carboxylic acids is 1. The Balaban J connectivity index is 2.11. The molecule has 3 aromatic carbocycles. The quantitative estimate of drug-likeness (QED) is 0.649. The molecule has 0 aromatic heterocycles. The minimum atomic E-state index is -0.278. The molecule has 0 fully saturated rings. The number of benzene rings is 3. The van der Waals surface area contributed by atoms with E-state index in [0.717, 1.165) is 11.1 Å². The maximum Gasteiger partial charge on any atom is 0.338 e. The third-order valence-corrected chi connectivity index (χ3v) is 3.47. The molecule has 0 aliphatic carbocycles. The summed E-state index contributed by atoms with van der Waals surface area (Å²) in [7, 11) is 0. The zero-order valence-corrected chi connectivity index (χ0v) is 11.9. The standard InChI is InChI=1S/C19H16O2/c1-2-21-19(20)16-10-5-9-15(13-16)18-12-6-8-14-7-3-4-11-17(14)18/h3-13H,2H2,1H3. The molecule has 0 aliphatic heterocycles. The van der Waals surface area contributed by atoms with Crippen LogP contribution < -0.4 is 0 Å². The maximum absolute atomic E-state index is 11.9. The highest BCUT2D eigenvalue weighted by Gasteiger charge is 2.09. The minimum Gasteiger partial charge on any atom is -0.462 e. The van der Waals surface area contributed by atoms with Gasteiger partial charge in [0.2, 0.25) is 0 Å². The molecular formula is C19H16O2. The Hall–Kier alpha value is -2.61. The van der Waals surface area contributed by atoms with E-state index in [0.29, 0.717) is 12.2 Å². The molecule has 21 heavy (non-hydrogen) atoms. The average Bonchev–Trinajstić information content (AvgIpc) is 2.55. The van der Waals surface area contributed by atoms with Crippen LogP contribution in [0.2, 0.25) is 0 Å². The van der Waals surface area contributed by atoms with Gasteiger partial charge in [-0.15, -0.1) is 0 Å². The van der Waals surface area contributed by atoms with Crippen LogP contribution in [0.5, 0.6) is 0 Å². The molecule has 2 heteroatoms. The van der Waals surface area contributed by atoms with Crippen molar-refractivity contribution in [2.45, 2.75) is 6.92 Å². The lowest BCUT2D eigenvalue weighted by Gasteiger charge is -2.08. The van der Waals surface area contributed by atoms with E-state index >= 15 is 0 Å². The maximum atomic E-state index is 11.9. The lowest BCUT2D eigenvalue weighted by atomic mass is 9.97. The molecule has 0 saturated carbocycles. The van der Waals surface area contributed by atoms with Gasteiger partial charge in [0.15, 0.2) is 0 Å². The molecule has 2 nitrogen and oxygen atoms in total. The highest BCUT2D eigenvalue weighted by Crippen LogP contribution is 2.29. The Morgan fingerprint density at radius 3 is 2.57 bits per heavy atom. The van der Waals surface area contributed by atoms with E-state index in [-0.39, 0.29) is 5.97 Å². The van der Waals surface area contributed by atoms with E-state index in [2.05, 4.69) is 24.3 Å². The van der Waals surface area contributed by atoms with Gasteiger partial charge < -0.3 is 4.74 Å². The van der Waals surface area contributed by atoms with Crippen molar-refractivity contribution in [3.8, 4) is 11.1 Å². The molecule has 0 atom stereocenters. The first kappa shape index (κ1) is 13.4. The van der Waals surface area contributed by atoms with Crippen molar-refractivity contribution >= 4 is 16.7 Å². The number of carbonyl (C=O) groups is 1. The summed E-state index contributed by atoms with van der Waals surface area (Å²) in [6.07, 6.45) is 0. The predicted octanol–water partition coefficient (Wildman–Crippen LogP) is 4.68. The van der Waals surface area contributed by atoms with E-state index in [1.165, 1.54) is 10.8 Å². The van der Waals surface area contributed by atoms with Crippen LogP contribution in [0.1, 0.15) is 17.3 Å². The van der Waals surface area contributed by atoms with E-state index in [9.17, 15) is 4.79 Å². The van der Waals surface area contributed by atoms with Gasteiger partial charge in [0.25, 0.3) is 0 Å². The fourth-order valence-electron chi connectivity index (χ4n) is 2.51. The summed E-state index contributed by atoms with van der Waals surface area (Å²) in [5, 5.41) is 2.37. The van der Waals surface area contributed by atoms with Crippen molar-refractivity contribution in [3.63, 3.8) is 0 Å². The van der Waals surface area contributed by atoms with Crippen LogP contribution in [0.4, 0.5) is 0 Å². The number of rotatable bonds is 3. The van der Waals surface area contributed by atoms with Gasteiger partial charge in [-0.05, 0) is 41.0 Å². The van der Waals surface area contributed by atoms with E-state index < -0.39 is 0 Å². The molecule has 0 heterocycles. The van der Waals surface area contributed by atoms with Crippen LogP contribution in [-0.4, -0.2) is 12.6 Å². The first-order valence-electron chi connectivity index (χ1n) is 7.05. The van der Waals surface area contributed by atoms with Crippen LogP contribution in [0.3, 0.4) is 0 Å². The predicted molar refractivity (Wildman–Crippen MR) is 85.3 cm³/mol. The number of ether oxygens (including phenoxy) is 1. The third-order valence-electron chi connectivity index (χ3n) is 3.47. The van der Waals surface area contributed by atoms with E-state index in [1.54, 1.807) is 6.07 Å². The molecule has 0 radical (unpaired) electrons. The molecule has 3 rings (SSSR count). The largest absolute Gasteiger partial charge is 0.462 e. The molecule has 0 saturated heterocycles. The molecule has 0 unspecified atom stereocenters. The summed E-state index contributed by atoms with van der Waals surface area (Å²) in [6.45, 7) is 2.20. The number of fused-ring (bicyclic) bond motifs is 1. The highest BCUT2D eigenvalue weighted by molar-refractivity contribution is 5.98. The van der Waals surface area contributed by atoms with E-state index in [1.807, 2.05) is 43.3 Å². The number of esters is 1.